The Morgan fingerprint density at radius 3 is 2.54 bits per heavy atom. The second kappa shape index (κ2) is 8.33. The number of anilines is 1. The van der Waals surface area contributed by atoms with E-state index in [9.17, 15) is 9.59 Å². The second-order valence-corrected chi connectivity index (χ2v) is 6.90. The van der Waals surface area contributed by atoms with Crippen LogP contribution in [0.15, 0.2) is 36.4 Å². The molecular weight excluding hydrogens is 354 g/mol. The molecule has 2 aromatic rings. The Hall–Kier alpha value is -2.38. The maximum atomic E-state index is 12.5. The minimum absolute atomic E-state index is 0.459. The molecule has 1 aromatic carbocycles. The summed E-state index contributed by atoms with van der Waals surface area (Å²) in [5.41, 5.74) is 2.01. The van der Waals surface area contributed by atoms with Crippen molar-refractivity contribution in [2.24, 2.45) is 0 Å². The molecule has 1 atom stereocenters. The average Bonchev–Trinajstić information content (AvgIpc) is 3.14. The molecule has 0 bridgehead atoms. The summed E-state index contributed by atoms with van der Waals surface area (Å²) >= 11 is 1.37. The van der Waals surface area contributed by atoms with Crippen LogP contribution in [0.25, 0.3) is 11.1 Å². The van der Waals surface area contributed by atoms with Gasteiger partial charge in [-0.3, -0.25) is 0 Å². The Morgan fingerprint density at radius 2 is 1.88 bits per heavy atom. The number of benzene rings is 1. The lowest BCUT2D eigenvalue weighted by atomic mass is 10.1. The summed E-state index contributed by atoms with van der Waals surface area (Å²) in [6.45, 7) is 4.36. The minimum atomic E-state index is -0.943. The highest BCUT2D eigenvalue weighted by Crippen LogP contribution is 2.39. The van der Waals surface area contributed by atoms with E-state index in [1.165, 1.54) is 25.4 Å². The predicted octanol–water partition coefficient (Wildman–Crippen LogP) is 2.97. The fourth-order valence-corrected chi connectivity index (χ4v) is 3.86. The van der Waals surface area contributed by atoms with Crippen LogP contribution in [0.3, 0.4) is 0 Å². The lowest BCUT2D eigenvalue weighted by Crippen LogP contribution is -2.35. The highest BCUT2D eigenvalue weighted by molar-refractivity contribution is 7.18. The summed E-state index contributed by atoms with van der Waals surface area (Å²) in [4.78, 5) is 26.7. The van der Waals surface area contributed by atoms with E-state index in [1.54, 1.807) is 0 Å². The van der Waals surface area contributed by atoms with Crippen LogP contribution >= 0.6 is 11.3 Å². The van der Waals surface area contributed by atoms with Crippen LogP contribution in [0.4, 0.5) is 5.00 Å². The Bertz CT molecular complexity index is 767. The number of nitrogens with zero attached hydrogens (tertiary/aromatic N) is 1. The molecule has 1 aliphatic heterocycles. The summed E-state index contributed by atoms with van der Waals surface area (Å²) in [5, 5.41) is 1.01. The van der Waals surface area contributed by atoms with E-state index in [1.807, 2.05) is 36.4 Å². The van der Waals surface area contributed by atoms with Crippen molar-refractivity contribution in [3.63, 3.8) is 0 Å². The van der Waals surface area contributed by atoms with Crippen molar-refractivity contribution < 1.29 is 23.8 Å². The van der Waals surface area contributed by atoms with Gasteiger partial charge in [-0.05, 0) is 18.6 Å². The Balaban J connectivity index is 1.90. The summed E-state index contributed by atoms with van der Waals surface area (Å²) in [6, 6.07) is 11.7. The van der Waals surface area contributed by atoms with Crippen molar-refractivity contribution in [3.8, 4) is 11.1 Å². The lowest BCUT2D eigenvalue weighted by Gasteiger charge is -2.28. The maximum Gasteiger partial charge on any atom is 0.349 e. The van der Waals surface area contributed by atoms with Crippen LogP contribution in [0.5, 0.6) is 0 Å². The second-order valence-electron chi connectivity index (χ2n) is 5.87. The molecule has 0 amide bonds. The SMILES string of the molecule is COC(=O)C(C)OC(=O)c1cc(-c2ccccc2)c(N2CCOCC2)s1. The Kier molecular flexibility index (Phi) is 5.90. The summed E-state index contributed by atoms with van der Waals surface area (Å²) in [6.07, 6.45) is -0.943. The highest BCUT2D eigenvalue weighted by atomic mass is 32.1. The van der Waals surface area contributed by atoms with Gasteiger partial charge in [0.1, 0.15) is 4.88 Å². The number of hydrogen-bond acceptors (Lipinski definition) is 7. The van der Waals surface area contributed by atoms with Crippen LogP contribution in [0.1, 0.15) is 16.6 Å². The number of esters is 2. The van der Waals surface area contributed by atoms with Gasteiger partial charge in [-0.1, -0.05) is 30.3 Å². The van der Waals surface area contributed by atoms with Crippen molar-refractivity contribution >= 4 is 28.3 Å². The number of carbonyl (C=O) groups is 2. The molecule has 0 aliphatic carbocycles. The molecule has 0 saturated carbocycles. The fourth-order valence-electron chi connectivity index (χ4n) is 2.74. The van der Waals surface area contributed by atoms with Gasteiger partial charge in [-0.15, -0.1) is 11.3 Å². The molecule has 0 radical (unpaired) electrons. The first-order chi connectivity index (χ1) is 12.6. The van der Waals surface area contributed by atoms with E-state index < -0.39 is 18.0 Å². The number of morpholine rings is 1. The van der Waals surface area contributed by atoms with Crippen molar-refractivity contribution in [1.82, 2.24) is 0 Å². The van der Waals surface area contributed by atoms with E-state index in [0.29, 0.717) is 18.1 Å². The summed E-state index contributed by atoms with van der Waals surface area (Å²) < 4.78 is 15.3. The summed E-state index contributed by atoms with van der Waals surface area (Å²) in [5.74, 6) is -1.10. The zero-order chi connectivity index (χ0) is 18.5. The van der Waals surface area contributed by atoms with E-state index in [2.05, 4.69) is 9.64 Å². The van der Waals surface area contributed by atoms with Crippen LogP contribution in [-0.4, -0.2) is 51.5 Å². The quantitative estimate of drug-likeness (QED) is 0.749. The van der Waals surface area contributed by atoms with Gasteiger partial charge < -0.3 is 19.1 Å². The molecule has 0 spiro atoms. The molecule has 1 aliphatic rings. The van der Waals surface area contributed by atoms with E-state index >= 15 is 0 Å². The molecule has 2 heterocycles. The third-order valence-electron chi connectivity index (χ3n) is 4.11. The summed E-state index contributed by atoms with van der Waals surface area (Å²) in [7, 11) is 1.27. The Labute approximate surface area is 156 Å². The van der Waals surface area contributed by atoms with Gasteiger partial charge in [0.25, 0.3) is 0 Å². The van der Waals surface area contributed by atoms with Crippen LogP contribution in [-0.2, 0) is 19.0 Å². The molecule has 1 unspecified atom stereocenters. The standard InChI is InChI=1S/C19H21NO5S/c1-13(18(21)23-2)25-19(22)16-12-15(14-6-4-3-5-7-14)17(26-16)20-8-10-24-11-9-20/h3-7,12-13H,8-11H2,1-2H3. The number of rotatable bonds is 5. The van der Waals surface area contributed by atoms with Gasteiger partial charge >= 0.3 is 11.9 Å². The molecule has 3 rings (SSSR count). The first-order valence-corrected chi connectivity index (χ1v) is 9.22. The third-order valence-corrected chi connectivity index (χ3v) is 5.29. The van der Waals surface area contributed by atoms with Gasteiger partial charge in [0.05, 0.1) is 25.3 Å². The van der Waals surface area contributed by atoms with Gasteiger partial charge in [0.2, 0.25) is 0 Å². The third kappa shape index (κ3) is 4.05. The monoisotopic (exact) mass is 375 g/mol. The van der Waals surface area contributed by atoms with Gasteiger partial charge in [-0.25, -0.2) is 9.59 Å². The lowest BCUT2D eigenvalue weighted by molar-refractivity contribution is -0.149. The van der Waals surface area contributed by atoms with Crippen molar-refractivity contribution in [2.45, 2.75) is 13.0 Å². The van der Waals surface area contributed by atoms with Gasteiger partial charge in [0, 0.05) is 18.7 Å². The molecule has 0 N–H and O–H groups in total. The zero-order valence-electron chi connectivity index (χ0n) is 14.8. The largest absolute Gasteiger partial charge is 0.466 e. The van der Waals surface area contributed by atoms with Gasteiger partial charge in [0.15, 0.2) is 6.10 Å². The molecule has 6 nitrogen and oxygen atoms in total. The topological polar surface area (TPSA) is 65.1 Å². The fraction of sp³-hybridized carbons (Fsp3) is 0.368. The number of methoxy groups -OCH3 is 1. The average molecular weight is 375 g/mol. The Morgan fingerprint density at radius 1 is 1.19 bits per heavy atom. The normalized spacial score (nSPS) is 15.4. The molecule has 7 heteroatoms. The molecule has 1 saturated heterocycles. The van der Waals surface area contributed by atoms with Crippen LogP contribution < -0.4 is 4.90 Å². The van der Waals surface area contributed by atoms with Crippen molar-refractivity contribution in [2.75, 3.05) is 38.3 Å². The number of carbonyl (C=O) groups excluding carboxylic acids is 2. The molecule has 138 valence electrons. The van der Waals surface area contributed by atoms with E-state index in [4.69, 9.17) is 9.47 Å². The molecule has 1 fully saturated rings. The molecule has 1 aromatic heterocycles. The maximum absolute atomic E-state index is 12.5. The van der Waals surface area contributed by atoms with Crippen LogP contribution in [0, 0.1) is 0 Å². The van der Waals surface area contributed by atoms with E-state index in [0.717, 1.165) is 29.2 Å². The van der Waals surface area contributed by atoms with Crippen LogP contribution in [0.2, 0.25) is 0 Å². The number of hydrogen-bond donors (Lipinski definition) is 0. The smallest absolute Gasteiger partial charge is 0.349 e. The zero-order valence-corrected chi connectivity index (χ0v) is 15.6. The number of thiophene rings is 1. The first kappa shape index (κ1) is 18.4. The van der Waals surface area contributed by atoms with Crippen molar-refractivity contribution in [3.05, 3.63) is 41.3 Å². The first-order valence-electron chi connectivity index (χ1n) is 8.41. The predicted molar refractivity (Wildman–Crippen MR) is 99.7 cm³/mol. The van der Waals surface area contributed by atoms with Crippen molar-refractivity contribution in [1.29, 1.82) is 0 Å². The molecule has 26 heavy (non-hydrogen) atoms. The number of ether oxygens (including phenoxy) is 3. The van der Waals surface area contributed by atoms with E-state index in [-0.39, 0.29) is 0 Å². The highest BCUT2D eigenvalue weighted by Gasteiger charge is 2.25. The minimum Gasteiger partial charge on any atom is -0.466 e. The molecular formula is C19H21NO5S. The van der Waals surface area contributed by atoms with Gasteiger partial charge in [-0.2, -0.15) is 0 Å².